The van der Waals surface area contributed by atoms with Gasteiger partial charge in [-0.15, -0.1) is 0 Å². The fourth-order valence-electron chi connectivity index (χ4n) is 2.92. The monoisotopic (exact) mass is 440 g/mol. The molecule has 1 aliphatic rings. The van der Waals surface area contributed by atoms with Gasteiger partial charge < -0.3 is 10.6 Å². The van der Waals surface area contributed by atoms with Crippen molar-refractivity contribution >= 4 is 39.1 Å². The van der Waals surface area contributed by atoms with E-state index in [1.54, 1.807) is 18.2 Å². The lowest BCUT2D eigenvalue weighted by molar-refractivity contribution is -0.137. The molecule has 2 atom stereocenters. The number of carbonyl (C=O) groups is 2. The number of hydrogen-bond donors (Lipinski definition) is 2. The number of hydrogen-bond acceptors (Lipinski definition) is 2. The summed E-state index contributed by atoms with van der Waals surface area (Å²) in [4.78, 5) is 23.8. The van der Waals surface area contributed by atoms with Crippen molar-refractivity contribution in [1.29, 1.82) is 0 Å². The van der Waals surface area contributed by atoms with Crippen LogP contribution in [0.1, 0.15) is 30.4 Å². The molecule has 2 N–H and O–H groups in total. The van der Waals surface area contributed by atoms with E-state index in [9.17, 15) is 22.8 Å². The Hall–Kier alpha value is -2.35. The minimum atomic E-state index is -4.38. The third-order valence-corrected chi connectivity index (χ3v) is 4.84. The molecule has 3 rings (SSSR count). The molecule has 0 heterocycles. The van der Waals surface area contributed by atoms with Crippen LogP contribution in [0.25, 0.3) is 0 Å². The summed E-state index contributed by atoms with van der Waals surface area (Å²) in [5, 5.41) is 5.44. The van der Waals surface area contributed by atoms with Gasteiger partial charge in [-0.25, -0.2) is 0 Å². The van der Waals surface area contributed by atoms with Crippen molar-refractivity contribution in [1.82, 2.24) is 0 Å². The Balaban J connectivity index is 1.69. The van der Waals surface area contributed by atoms with Crippen molar-refractivity contribution in [3.8, 4) is 0 Å². The Kier molecular flexibility index (Phi) is 5.28. The van der Waals surface area contributed by atoms with Crippen LogP contribution in [-0.4, -0.2) is 11.8 Å². The first-order chi connectivity index (χ1) is 12.6. The van der Waals surface area contributed by atoms with Crippen LogP contribution in [0.15, 0.2) is 46.9 Å². The highest BCUT2D eigenvalue weighted by atomic mass is 79.9. The molecule has 1 aliphatic carbocycles. The minimum Gasteiger partial charge on any atom is -0.325 e. The van der Waals surface area contributed by atoms with Crippen molar-refractivity contribution in [3.05, 3.63) is 58.1 Å². The van der Waals surface area contributed by atoms with Gasteiger partial charge in [0, 0.05) is 17.3 Å². The Morgan fingerprint density at radius 3 is 2.30 bits per heavy atom. The lowest BCUT2D eigenvalue weighted by Gasteiger charge is -2.12. The maximum absolute atomic E-state index is 12.6. The molecule has 0 bridgehead atoms. The summed E-state index contributed by atoms with van der Waals surface area (Å²) in [7, 11) is 0. The number of alkyl halides is 3. The Labute approximate surface area is 162 Å². The van der Waals surface area contributed by atoms with Gasteiger partial charge in [0.15, 0.2) is 0 Å². The molecule has 142 valence electrons. The second-order valence-corrected chi connectivity index (χ2v) is 7.34. The van der Waals surface area contributed by atoms with Gasteiger partial charge in [0.2, 0.25) is 11.8 Å². The summed E-state index contributed by atoms with van der Waals surface area (Å²) in [6.45, 7) is 1.37. The van der Waals surface area contributed by atoms with Gasteiger partial charge in [-0.3, -0.25) is 9.59 Å². The summed E-state index contributed by atoms with van der Waals surface area (Å²) >= 11 is 3.32. The first-order valence-corrected chi connectivity index (χ1v) is 8.99. The zero-order chi connectivity index (χ0) is 19.8. The molecular weight excluding hydrogens is 425 g/mol. The van der Waals surface area contributed by atoms with Crippen LogP contribution < -0.4 is 10.6 Å². The summed E-state index contributed by atoms with van der Waals surface area (Å²) in [6, 6.07) is 9.99. The van der Waals surface area contributed by atoms with Crippen molar-refractivity contribution in [2.24, 2.45) is 5.92 Å². The second kappa shape index (κ2) is 7.34. The SMILES string of the molecule is CC(=O)Nc1ccc(Br)cc1NC(=O)C1CC1c1ccc(C(F)(F)F)cc1. The highest BCUT2D eigenvalue weighted by Gasteiger charge is 2.44. The van der Waals surface area contributed by atoms with Crippen LogP contribution in [0.5, 0.6) is 0 Å². The van der Waals surface area contributed by atoms with Crippen LogP contribution in [0.3, 0.4) is 0 Å². The maximum Gasteiger partial charge on any atom is 0.416 e. The topological polar surface area (TPSA) is 58.2 Å². The number of amides is 2. The molecule has 1 saturated carbocycles. The van der Waals surface area contributed by atoms with E-state index in [0.717, 1.165) is 16.6 Å². The predicted octanol–water partition coefficient (Wildman–Crippen LogP) is 5.17. The van der Waals surface area contributed by atoms with Crippen LogP contribution in [0, 0.1) is 5.92 Å². The third kappa shape index (κ3) is 4.68. The average Bonchev–Trinajstić information content (AvgIpc) is 3.37. The molecule has 2 aromatic rings. The minimum absolute atomic E-state index is 0.108. The van der Waals surface area contributed by atoms with Crippen LogP contribution in [0.4, 0.5) is 24.5 Å². The van der Waals surface area contributed by atoms with Gasteiger partial charge in [0.05, 0.1) is 16.9 Å². The lowest BCUT2D eigenvalue weighted by atomic mass is 10.1. The molecule has 1 fully saturated rings. The molecule has 2 amide bonds. The van der Waals surface area contributed by atoms with E-state index in [1.807, 2.05) is 0 Å². The van der Waals surface area contributed by atoms with E-state index in [4.69, 9.17) is 0 Å². The molecule has 4 nitrogen and oxygen atoms in total. The zero-order valence-corrected chi connectivity index (χ0v) is 15.8. The number of rotatable bonds is 4. The summed E-state index contributed by atoms with van der Waals surface area (Å²) in [5.74, 6) is -0.916. The molecule has 0 saturated heterocycles. The average molecular weight is 441 g/mol. The van der Waals surface area contributed by atoms with E-state index in [2.05, 4.69) is 26.6 Å². The van der Waals surface area contributed by atoms with Crippen molar-refractivity contribution in [3.63, 3.8) is 0 Å². The zero-order valence-electron chi connectivity index (χ0n) is 14.2. The van der Waals surface area contributed by atoms with Crippen LogP contribution in [0.2, 0.25) is 0 Å². The van der Waals surface area contributed by atoms with E-state index in [-0.39, 0.29) is 23.7 Å². The largest absolute Gasteiger partial charge is 0.416 e. The first-order valence-electron chi connectivity index (χ1n) is 8.20. The van der Waals surface area contributed by atoms with Gasteiger partial charge in [-0.05, 0) is 48.2 Å². The second-order valence-electron chi connectivity index (χ2n) is 6.43. The molecule has 8 heteroatoms. The van der Waals surface area contributed by atoms with Crippen molar-refractivity contribution < 1.29 is 22.8 Å². The van der Waals surface area contributed by atoms with Gasteiger partial charge in [0.25, 0.3) is 0 Å². The Bertz CT molecular complexity index is 882. The van der Waals surface area contributed by atoms with Crippen molar-refractivity contribution in [2.75, 3.05) is 10.6 Å². The smallest absolute Gasteiger partial charge is 0.325 e. The molecule has 0 aromatic heterocycles. The highest BCUT2D eigenvalue weighted by Crippen LogP contribution is 2.48. The predicted molar refractivity (Wildman–Crippen MR) is 99.4 cm³/mol. The standard InChI is InChI=1S/C19H16BrF3N2O2/c1-10(26)24-16-7-6-13(20)8-17(16)25-18(27)15-9-14(15)11-2-4-12(5-3-11)19(21,22)23/h2-8,14-15H,9H2,1H3,(H,24,26)(H,25,27). The number of nitrogens with one attached hydrogen (secondary N) is 2. The van der Waals surface area contributed by atoms with Crippen molar-refractivity contribution in [2.45, 2.75) is 25.4 Å². The highest BCUT2D eigenvalue weighted by molar-refractivity contribution is 9.10. The maximum atomic E-state index is 12.6. The summed E-state index contributed by atoms with van der Waals surface area (Å²) < 4.78 is 38.7. The molecule has 2 aromatic carbocycles. The molecular formula is C19H16BrF3N2O2. The molecule has 0 aliphatic heterocycles. The number of halogens is 4. The van der Waals surface area contributed by atoms with Gasteiger partial charge >= 0.3 is 6.18 Å². The first kappa shape index (κ1) is 19.4. The molecule has 0 spiro atoms. The van der Waals surface area contributed by atoms with Gasteiger partial charge in [0.1, 0.15) is 0 Å². The van der Waals surface area contributed by atoms with Gasteiger partial charge in [-0.1, -0.05) is 28.1 Å². The Morgan fingerprint density at radius 1 is 1.04 bits per heavy atom. The number of anilines is 2. The third-order valence-electron chi connectivity index (χ3n) is 4.34. The van der Waals surface area contributed by atoms with Gasteiger partial charge in [-0.2, -0.15) is 13.2 Å². The molecule has 0 radical (unpaired) electrons. The summed E-state index contributed by atoms with van der Waals surface area (Å²) in [6.07, 6.45) is -3.81. The fourth-order valence-corrected chi connectivity index (χ4v) is 3.28. The van der Waals surface area contributed by atoms with E-state index < -0.39 is 11.7 Å². The normalized spacial score (nSPS) is 18.7. The molecule has 2 unspecified atom stereocenters. The van der Waals surface area contributed by atoms with E-state index in [1.165, 1.54) is 19.1 Å². The lowest BCUT2D eigenvalue weighted by Crippen LogP contribution is -2.17. The number of carbonyl (C=O) groups excluding carboxylic acids is 2. The van der Waals surface area contributed by atoms with E-state index in [0.29, 0.717) is 23.4 Å². The fraction of sp³-hybridized carbons (Fsp3) is 0.263. The molecule has 27 heavy (non-hydrogen) atoms. The van der Waals surface area contributed by atoms with Crippen LogP contribution >= 0.6 is 15.9 Å². The van der Waals surface area contributed by atoms with Crippen LogP contribution in [-0.2, 0) is 15.8 Å². The number of benzene rings is 2. The quantitative estimate of drug-likeness (QED) is 0.688. The van der Waals surface area contributed by atoms with E-state index >= 15 is 0 Å². The Morgan fingerprint density at radius 2 is 1.70 bits per heavy atom. The summed E-state index contributed by atoms with van der Waals surface area (Å²) in [5.41, 5.74) is 0.940.